The van der Waals surface area contributed by atoms with Crippen molar-refractivity contribution in [1.82, 2.24) is 4.98 Å². The van der Waals surface area contributed by atoms with Crippen LogP contribution in [0.4, 0.5) is 15.3 Å². The van der Waals surface area contributed by atoms with Gasteiger partial charge in [-0.05, 0) is 47.6 Å². The number of amides is 2. The summed E-state index contributed by atoms with van der Waals surface area (Å²) >= 11 is 5.98. The second-order valence-electron chi connectivity index (χ2n) is 6.95. The van der Waals surface area contributed by atoms with Crippen molar-refractivity contribution in [1.29, 1.82) is 0 Å². The van der Waals surface area contributed by atoms with Crippen molar-refractivity contribution in [2.45, 2.75) is 52.7 Å². The second kappa shape index (κ2) is 7.25. The smallest absolute Gasteiger partial charge is 0.424 e. The molecule has 0 bridgehead atoms. The van der Waals surface area contributed by atoms with Crippen LogP contribution < -0.4 is 9.64 Å². The topological polar surface area (TPSA) is 78.0 Å². The fourth-order valence-corrected chi connectivity index (χ4v) is 1.89. The van der Waals surface area contributed by atoms with Crippen LogP contribution in [0.15, 0.2) is 12.3 Å². The molecule has 0 N–H and O–H groups in total. The molecule has 0 unspecified atom stereocenters. The number of hydrogen-bond acceptors (Lipinski definition) is 6. The van der Waals surface area contributed by atoms with Gasteiger partial charge in [0.1, 0.15) is 16.9 Å². The Balaban J connectivity index is 3.36. The normalized spacial score (nSPS) is 11.7. The molecule has 0 saturated carbocycles. The molecule has 0 aliphatic heterocycles. The summed E-state index contributed by atoms with van der Waals surface area (Å²) in [5, 5.41) is 0.00659. The van der Waals surface area contributed by atoms with Gasteiger partial charge in [-0.15, -0.1) is 0 Å². The number of imide groups is 1. The van der Waals surface area contributed by atoms with Gasteiger partial charge in [-0.2, -0.15) is 4.90 Å². The Morgan fingerprint density at radius 3 is 1.88 bits per heavy atom. The van der Waals surface area contributed by atoms with Crippen LogP contribution in [-0.4, -0.2) is 35.5 Å². The van der Waals surface area contributed by atoms with Crippen LogP contribution in [0, 0.1) is 0 Å². The van der Waals surface area contributed by atoms with E-state index in [1.54, 1.807) is 41.5 Å². The van der Waals surface area contributed by atoms with E-state index in [2.05, 4.69) is 4.98 Å². The molecule has 0 aliphatic carbocycles. The zero-order valence-corrected chi connectivity index (χ0v) is 15.7. The lowest BCUT2D eigenvalue weighted by molar-refractivity contribution is 0.0429. The summed E-state index contributed by atoms with van der Waals surface area (Å²) in [5.74, 6) is 0.0656. The lowest BCUT2D eigenvalue weighted by atomic mass is 10.2. The zero-order valence-electron chi connectivity index (χ0n) is 15.0. The number of pyridine rings is 1. The predicted molar refractivity (Wildman–Crippen MR) is 90.7 cm³/mol. The van der Waals surface area contributed by atoms with Crippen molar-refractivity contribution in [2.75, 3.05) is 12.0 Å². The SMILES string of the molecule is COc1c(N(C(=O)OC(C)(C)C)C(=O)OC(C)(C)C)ccnc1Cl. The van der Waals surface area contributed by atoms with Crippen molar-refractivity contribution in [2.24, 2.45) is 0 Å². The van der Waals surface area contributed by atoms with Crippen LogP contribution >= 0.6 is 11.6 Å². The fraction of sp³-hybridized carbons (Fsp3) is 0.562. The summed E-state index contributed by atoms with van der Waals surface area (Å²) in [5.41, 5.74) is -1.52. The molecule has 24 heavy (non-hydrogen) atoms. The Hall–Kier alpha value is -2.02. The Labute approximate surface area is 146 Å². The number of ether oxygens (including phenoxy) is 3. The van der Waals surface area contributed by atoms with Crippen LogP contribution in [0.5, 0.6) is 5.75 Å². The summed E-state index contributed by atoms with van der Waals surface area (Å²) in [7, 11) is 1.36. The van der Waals surface area contributed by atoms with E-state index >= 15 is 0 Å². The minimum atomic E-state index is -0.905. The van der Waals surface area contributed by atoms with E-state index in [4.69, 9.17) is 25.8 Å². The number of nitrogens with zero attached hydrogens (tertiary/aromatic N) is 2. The average molecular weight is 359 g/mol. The van der Waals surface area contributed by atoms with Gasteiger partial charge in [-0.3, -0.25) is 0 Å². The van der Waals surface area contributed by atoms with E-state index in [9.17, 15) is 9.59 Å². The van der Waals surface area contributed by atoms with Crippen LogP contribution in [0.25, 0.3) is 0 Å². The molecule has 134 valence electrons. The van der Waals surface area contributed by atoms with E-state index in [0.717, 1.165) is 4.90 Å². The minimum absolute atomic E-state index is 0.00659. The molecule has 0 aliphatic rings. The minimum Gasteiger partial charge on any atom is -0.491 e. The Bertz CT molecular complexity index is 592. The van der Waals surface area contributed by atoms with Gasteiger partial charge in [-0.25, -0.2) is 14.6 Å². The van der Waals surface area contributed by atoms with Gasteiger partial charge in [-0.1, -0.05) is 11.6 Å². The number of carbonyl (C=O) groups is 2. The van der Waals surface area contributed by atoms with Crippen LogP contribution in [0.2, 0.25) is 5.15 Å². The van der Waals surface area contributed by atoms with Crippen LogP contribution in [-0.2, 0) is 9.47 Å². The molecule has 1 aromatic rings. The van der Waals surface area contributed by atoms with Gasteiger partial charge < -0.3 is 14.2 Å². The number of halogens is 1. The van der Waals surface area contributed by atoms with Crippen LogP contribution in [0.1, 0.15) is 41.5 Å². The molecule has 1 heterocycles. The monoisotopic (exact) mass is 358 g/mol. The van der Waals surface area contributed by atoms with Crippen molar-refractivity contribution >= 4 is 29.5 Å². The Morgan fingerprint density at radius 1 is 1.04 bits per heavy atom. The van der Waals surface area contributed by atoms with Crippen molar-refractivity contribution in [3.8, 4) is 5.75 Å². The third-order valence-corrected chi connectivity index (χ3v) is 2.71. The molecule has 0 atom stereocenters. The molecule has 0 fully saturated rings. The average Bonchev–Trinajstić information content (AvgIpc) is 2.34. The molecule has 8 heteroatoms. The van der Waals surface area contributed by atoms with Gasteiger partial charge in [0.15, 0.2) is 10.9 Å². The van der Waals surface area contributed by atoms with Gasteiger partial charge in [0, 0.05) is 6.20 Å². The third-order valence-electron chi connectivity index (χ3n) is 2.44. The number of methoxy groups -OCH3 is 1. The largest absolute Gasteiger partial charge is 0.491 e. The molecular weight excluding hydrogens is 336 g/mol. The maximum atomic E-state index is 12.5. The maximum Gasteiger partial charge on any atom is 0.424 e. The molecular formula is C16H23ClN2O5. The van der Waals surface area contributed by atoms with Crippen molar-refractivity contribution in [3.63, 3.8) is 0 Å². The molecule has 1 aromatic heterocycles. The number of aromatic nitrogens is 1. The highest BCUT2D eigenvalue weighted by atomic mass is 35.5. The Morgan fingerprint density at radius 2 is 1.50 bits per heavy atom. The molecule has 0 aromatic carbocycles. The standard InChI is InChI=1S/C16H23ClN2O5/c1-15(2,3)23-13(20)19(14(21)24-16(4,5)6)10-8-9-18-12(17)11(10)22-7/h8-9H,1-7H3. The summed E-state index contributed by atoms with van der Waals surface area (Å²) in [6, 6.07) is 1.42. The van der Waals surface area contributed by atoms with E-state index < -0.39 is 23.4 Å². The number of anilines is 1. The first-order valence-corrected chi connectivity index (χ1v) is 7.68. The molecule has 0 saturated heterocycles. The van der Waals surface area contributed by atoms with Gasteiger partial charge >= 0.3 is 12.2 Å². The van der Waals surface area contributed by atoms with Gasteiger partial charge in [0.25, 0.3) is 0 Å². The van der Waals surface area contributed by atoms with E-state index in [0.29, 0.717) is 0 Å². The van der Waals surface area contributed by atoms with Crippen LogP contribution in [0.3, 0.4) is 0 Å². The summed E-state index contributed by atoms with van der Waals surface area (Å²) < 4.78 is 15.8. The number of hydrogen-bond donors (Lipinski definition) is 0. The second-order valence-corrected chi connectivity index (χ2v) is 7.31. The molecule has 2 amide bonds. The highest BCUT2D eigenvalue weighted by Crippen LogP contribution is 2.35. The van der Waals surface area contributed by atoms with Crippen molar-refractivity contribution < 1.29 is 23.8 Å². The molecule has 0 spiro atoms. The number of rotatable bonds is 2. The lowest BCUT2D eigenvalue weighted by Crippen LogP contribution is -2.44. The van der Waals surface area contributed by atoms with Crippen molar-refractivity contribution in [3.05, 3.63) is 17.4 Å². The van der Waals surface area contributed by atoms with Gasteiger partial charge in [0.05, 0.1) is 7.11 Å². The molecule has 0 radical (unpaired) electrons. The predicted octanol–water partition coefficient (Wildman–Crippen LogP) is 4.42. The first-order chi connectivity index (χ1) is 10.9. The highest BCUT2D eigenvalue weighted by molar-refractivity contribution is 6.31. The molecule has 1 rings (SSSR count). The quantitative estimate of drug-likeness (QED) is 0.728. The summed E-state index contributed by atoms with van der Waals surface area (Å²) in [4.78, 5) is 29.7. The highest BCUT2D eigenvalue weighted by Gasteiger charge is 2.35. The summed E-state index contributed by atoms with van der Waals surface area (Å²) in [6.45, 7) is 10.1. The lowest BCUT2D eigenvalue weighted by Gasteiger charge is -2.29. The fourth-order valence-electron chi connectivity index (χ4n) is 1.66. The summed E-state index contributed by atoms with van der Waals surface area (Å²) in [6.07, 6.45) is -0.461. The maximum absolute atomic E-state index is 12.5. The van der Waals surface area contributed by atoms with E-state index in [-0.39, 0.29) is 16.6 Å². The third kappa shape index (κ3) is 5.56. The first-order valence-electron chi connectivity index (χ1n) is 7.30. The molecule has 7 nitrogen and oxygen atoms in total. The number of carbonyl (C=O) groups excluding carboxylic acids is 2. The zero-order chi connectivity index (χ0) is 18.7. The first kappa shape index (κ1) is 20.0. The van der Waals surface area contributed by atoms with Gasteiger partial charge in [0.2, 0.25) is 0 Å². The van der Waals surface area contributed by atoms with E-state index in [1.165, 1.54) is 19.4 Å². The van der Waals surface area contributed by atoms with E-state index in [1.807, 2.05) is 0 Å². The Kier molecular flexibility index (Phi) is 6.05.